The van der Waals surface area contributed by atoms with Crippen LogP contribution in [0.1, 0.15) is 98.8 Å². The van der Waals surface area contributed by atoms with Crippen LogP contribution in [0.5, 0.6) is 0 Å². The number of nitrogens with one attached hydrogen (secondary N) is 3. The van der Waals surface area contributed by atoms with Crippen LogP contribution in [0.15, 0.2) is 0 Å². The summed E-state index contributed by atoms with van der Waals surface area (Å²) in [5, 5.41) is 8.80. The van der Waals surface area contributed by atoms with Crippen LogP contribution in [0.2, 0.25) is 0 Å². The Morgan fingerprint density at radius 1 is 0.891 bits per heavy atom. The fourth-order valence-corrected chi connectivity index (χ4v) is 8.21. The topological polar surface area (TPSA) is 154 Å². The standard InChI is InChI=1S/C34H53N5O7/c1-33(2,3)37-32(45)36-25(20-13-8-7-9-14-20)29(42)39-18-21-24(34(21,4)5)26(39)28(41)35-22(17-19-11-10-12-19)27(40)30(43)38-16-15-23(38)31(44)46-6/h19-26H,7-18H2,1-6H3,(H,35,41)(H2,36,37,45)/t21?,22?,23-,24-,25-,26-/m0/s1. The maximum Gasteiger partial charge on any atom is 0.328 e. The molecule has 2 saturated heterocycles. The van der Waals surface area contributed by atoms with Gasteiger partial charge in [-0.3, -0.25) is 19.2 Å². The van der Waals surface area contributed by atoms with Crippen LogP contribution >= 0.6 is 0 Å². The van der Waals surface area contributed by atoms with Crippen molar-refractivity contribution < 1.29 is 33.5 Å². The van der Waals surface area contributed by atoms with Crippen LogP contribution in [0.4, 0.5) is 4.79 Å². The zero-order valence-corrected chi connectivity index (χ0v) is 28.4. The lowest BCUT2D eigenvalue weighted by Gasteiger charge is -2.39. The molecule has 0 aromatic rings. The summed E-state index contributed by atoms with van der Waals surface area (Å²) < 4.78 is 4.80. The number of hydrogen-bond acceptors (Lipinski definition) is 7. The van der Waals surface area contributed by atoms with E-state index in [-0.39, 0.29) is 41.5 Å². The molecule has 0 aromatic carbocycles. The third kappa shape index (κ3) is 6.90. The van der Waals surface area contributed by atoms with E-state index >= 15 is 0 Å². The Hall–Kier alpha value is -3.18. The highest BCUT2D eigenvalue weighted by atomic mass is 16.5. The first-order valence-electron chi connectivity index (χ1n) is 17.3. The van der Waals surface area contributed by atoms with E-state index in [9.17, 15) is 28.8 Å². The summed E-state index contributed by atoms with van der Waals surface area (Å²) in [6.07, 6.45) is 8.31. The fraction of sp³-hybridized carbons (Fsp3) is 0.824. The molecule has 12 heteroatoms. The molecule has 2 unspecified atom stereocenters. The van der Waals surface area contributed by atoms with E-state index in [2.05, 4.69) is 29.8 Å². The molecule has 5 fully saturated rings. The van der Waals surface area contributed by atoms with Gasteiger partial charge in [-0.05, 0) is 75.5 Å². The van der Waals surface area contributed by atoms with Crippen molar-refractivity contribution >= 4 is 35.5 Å². The van der Waals surface area contributed by atoms with Gasteiger partial charge in [0.1, 0.15) is 18.1 Å². The highest BCUT2D eigenvalue weighted by Crippen LogP contribution is 2.65. The molecule has 46 heavy (non-hydrogen) atoms. The van der Waals surface area contributed by atoms with Gasteiger partial charge in [-0.2, -0.15) is 0 Å². The molecular weight excluding hydrogens is 590 g/mol. The number of carbonyl (C=O) groups excluding carboxylic acids is 6. The van der Waals surface area contributed by atoms with Gasteiger partial charge in [0, 0.05) is 18.6 Å². The second kappa shape index (κ2) is 13.1. The molecule has 5 aliphatic rings. The molecule has 0 spiro atoms. The summed E-state index contributed by atoms with van der Waals surface area (Å²) in [6, 6.07) is -3.84. The molecule has 0 aromatic heterocycles. The predicted octanol–water partition coefficient (Wildman–Crippen LogP) is 2.53. The van der Waals surface area contributed by atoms with Crippen molar-refractivity contribution in [1.82, 2.24) is 25.8 Å². The van der Waals surface area contributed by atoms with E-state index in [0.29, 0.717) is 19.4 Å². The molecule has 3 N–H and O–H groups in total. The van der Waals surface area contributed by atoms with Gasteiger partial charge in [-0.25, -0.2) is 9.59 Å². The van der Waals surface area contributed by atoms with Gasteiger partial charge in [0.25, 0.3) is 5.91 Å². The van der Waals surface area contributed by atoms with Crippen LogP contribution in [0.25, 0.3) is 0 Å². The number of Topliss-reactive ketones (excluding diaryl/α,β-unsaturated/α-hetero) is 1. The predicted molar refractivity (Wildman–Crippen MR) is 169 cm³/mol. The SMILES string of the molecule is COC(=O)[C@@H]1CCN1C(=O)C(=O)C(CC1CCC1)NC(=O)[C@@H]1[C@@H]2C(CN1C(=O)[C@@H](NC(=O)NC(C)(C)C)C1CCCCC1)C2(C)C. The Morgan fingerprint density at radius 2 is 1.57 bits per heavy atom. The van der Waals surface area contributed by atoms with Crippen molar-refractivity contribution in [2.24, 2.45) is 29.1 Å². The molecule has 5 rings (SSSR count). The summed E-state index contributed by atoms with van der Waals surface area (Å²) in [4.78, 5) is 83.6. The van der Waals surface area contributed by atoms with Crippen molar-refractivity contribution in [2.75, 3.05) is 20.2 Å². The van der Waals surface area contributed by atoms with Gasteiger partial charge in [-0.15, -0.1) is 0 Å². The number of carbonyl (C=O) groups is 6. The maximum absolute atomic E-state index is 14.4. The molecule has 12 nitrogen and oxygen atoms in total. The minimum atomic E-state index is -1.05. The number of esters is 1. The lowest BCUT2D eigenvalue weighted by Crippen LogP contribution is -2.62. The molecule has 3 saturated carbocycles. The smallest absolute Gasteiger partial charge is 0.328 e. The van der Waals surface area contributed by atoms with Gasteiger partial charge < -0.3 is 30.5 Å². The van der Waals surface area contributed by atoms with Gasteiger partial charge in [0.05, 0.1) is 13.2 Å². The van der Waals surface area contributed by atoms with Crippen LogP contribution in [0, 0.1) is 29.1 Å². The molecule has 2 heterocycles. The number of hydrogen-bond donors (Lipinski definition) is 3. The van der Waals surface area contributed by atoms with E-state index < -0.39 is 59.3 Å². The lowest BCUT2D eigenvalue weighted by molar-refractivity contribution is -0.163. The van der Waals surface area contributed by atoms with Crippen LogP contribution in [-0.2, 0) is 28.7 Å². The van der Waals surface area contributed by atoms with Gasteiger partial charge >= 0.3 is 12.0 Å². The third-order valence-corrected chi connectivity index (χ3v) is 11.3. The Balaban J connectivity index is 1.36. The first-order chi connectivity index (χ1) is 21.6. The number of methoxy groups -OCH3 is 1. The minimum absolute atomic E-state index is 0.0366. The number of fused-ring (bicyclic) bond motifs is 1. The normalized spacial score (nSPS) is 28.5. The first kappa shape index (κ1) is 34.2. The van der Waals surface area contributed by atoms with E-state index in [1.807, 2.05) is 20.8 Å². The minimum Gasteiger partial charge on any atom is -0.467 e. The number of piperidine rings is 1. The molecule has 0 radical (unpaired) electrons. The van der Waals surface area contributed by atoms with E-state index in [1.54, 1.807) is 4.90 Å². The van der Waals surface area contributed by atoms with E-state index in [4.69, 9.17) is 4.74 Å². The zero-order valence-electron chi connectivity index (χ0n) is 28.4. The van der Waals surface area contributed by atoms with Crippen molar-refractivity contribution in [2.45, 2.75) is 129 Å². The molecule has 2 aliphatic heterocycles. The summed E-state index contributed by atoms with van der Waals surface area (Å²) >= 11 is 0. The Morgan fingerprint density at radius 3 is 2.11 bits per heavy atom. The third-order valence-electron chi connectivity index (χ3n) is 11.3. The number of urea groups is 1. The van der Waals surface area contributed by atoms with Crippen molar-refractivity contribution in [3.8, 4) is 0 Å². The van der Waals surface area contributed by atoms with Gasteiger partial charge in [-0.1, -0.05) is 52.4 Å². The Bertz CT molecular complexity index is 1230. The number of likely N-dealkylation sites (tertiary alicyclic amines) is 2. The molecular formula is C34H53N5O7. The van der Waals surface area contributed by atoms with Crippen molar-refractivity contribution in [3.63, 3.8) is 0 Å². The van der Waals surface area contributed by atoms with Crippen LogP contribution in [-0.4, -0.2) is 95.2 Å². The second-order valence-corrected chi connectivity index (χ2v) is 15.9. The maximum atomic E-state index is 14.4. The van der Waals surface area contributed by atoms with Gasteiger partial charge in [0.15, 0.2) is 0 Å². The molecule has 0 bridgehead atoms. The average molecular weight is 644 g/mol. The second-order valence-electron chi connectivity index (χ2n) is 15.9. The lowest BCUT2D eigenvalue weighted by atomic mass is 9.79. The number of ketones is 1. The largest absolute Gasteiger partial charge is 0.467 e. The average Bonchev–Trinajstić information content (AvgIpc) is 3.26. The highest BCUT2D eigenvalue weighted by molar-refractivity contribution is 6.39. The Kier molecular flexibility index (Phi) is 9.76. The first-order valence-corrected chi connectivity index (χ1v) is 17.3. The summed E-state index contributed by atoms with van der Waals surface area (Å²) in [5.74, 6) is -2.60. The summed E-state index contributed by atoms with van der Waals surface area (Å²) in [7, 11) is 1.25. The monoisotopic (exact) mass is 643 g/mol. The fourth-order valence-electron chi connectivity index (χ4n) is 8.21. The summed E-state index contributed by atoms with van der Waals surface area (Å²) in [5.41, 5.74) is -0.650. The number of amides is 5. The van der Waals surface area contributed by atoms with E-state index in [1.165, 1.54) is 12.0 Å². The van der Waals surface area contributed by atoms with Crippen LogP contribution < -0.4 is 16.0 Å². The quantitative estimate of drug-likeness (QED) is 0.244. The van der Waals surface area contributed by atoms with E-state index in [0.717, 1.165) is 51.4 Å². The van der Waals surface area contributed by atoms with Crippen molar-refractivity contribution in [1.29, 1.82) is 0 Å². The highest BCUT2D eigenvalue weighted by Gasteiger charge is 2.70. The van der Waals surface area contributed by atoms with Crippen LogP contribution in [0.3, 0.4) is 0 Å². The van der Waals surface area contributed by atoms with Gasteiger partial charge in [0.2, 0.25) is 17.6 Å². The molecule has 3 aliphatic carbocycles. The molecule has 5 amide bonds. The molecule has 6 atom stereocenters. The zero-order chi connectivity index (χ0) is 33.6. The van der Waals surface area contributed by atoms with Crippen molar-refractivity contribution in [3.05, 3.63) is 0 Å². The number of ether oxygens (including phenoxy) is 1. The Labute approximate surface area is 272 Å². The number of rotatable bonds is 10. The summed E-state index contributed by atoms with van der Waals surface area (Å²) in [6.45, 7) is 10.5. The molecule has 256 valence electrons. The number of nitrogens with zero attached hydrogens (tertiary/aromatic N) is 2.